The molecule has 3 N–H and O–H groups in total. The molecule has 2 aromatic carbocycles. The largest absolute Gasteiger partial charge is 0.355 e. The van der Waals surface area contributed by atoms with Crippen LogP contribution in [0.3, 0.4) is 0 Å². The van der Waals surface area contributed by atoms with E-state index in [2.05, 4.69) is 36.8 Å². The number of aryl methyl sites for hydroxylation is 1. The van der Waals surface area contributed by atoms with E-state index in [-0.39, 0.29) is 5.91 Å². The number of carbonyl (C=O) groups is 1. The number of piperazine rings is 1. The number of hydrogen-bond acceptors (Lipinski definition) is 4. The van der Waals surface area contributed by atoms with E-state index < -0.39 is 0 Å². The molecule has 1 amide bonds. The summed E-state index contributed by atoms with van der Waals surface area (Å²) < 4.78 is 0.974. The van der Waals surface area contributed by atoms with E-state index in [4.69, 9.17) is 11.6 Å². The molecule has 164 valence electrons. The van der Waals surface area contributed by atoms with Crippen molar-refractivity contribution in [1.82, 2.24) is 15.5 Å². The number of hydrogen-bond donors (Lipinski definition) is 3. The molecule has 0 spiro atoms. The molecule has 0 atom stereocenters. The average molecular weight is 504 g/mol. The van der Waals surface area contributed by atoms with Crippen molar-refractivity contribution < 1.29 is 4.79 Å². The molecule has 0 aromatic heterocycles. The Balaban J connectivity index is 1.69. The fraction of sp³-hybridized carbons (Fsp3) is 0.292. The maximum absolute atomic E-state index is 12.6. The number of carbonyl (C=O) groups excluding carboxylic acids is 1. The summed E-state index contributed by atoms with van der Waals surface area (Å²) in [5, 5.41) is 10.4. The number of rotatable bonds is 8. The lowest BCUT2D eigenvalue weighted by Gasteiger charge is -2.26. The smallest absolute Gasteiger partial charge is 0.246 e. The fourth-order valence-electron chi connectivity index (χ4n) is 3.23. The van der Waals surface area contributed by atoms with E-state index >= 15 is 0 Å². The first-order valence-electron chi connectivity index (χ1n) is 10.4. The van der Waals surface area contributed by atoms with Crippen molar-refractivity contribution in [1.29, 1.82) is 0 Å². The Hall–Kier alpha value is -2.12. The highest BCUT2D eigenvalue weighted by Crippen LogP contribution is 2.22. The van der Waals surface area contributed by atoms with Crippen molar-refractivity contribution in [2.45, 2.75) is 6.92 Å². The summed E-state index contributed by atoms with van der Waals surface area (Å²) >= 11 is 9.49. The molecule has 1 aliphatic heterocycles. The van der Waals surface area contributed by atoms with Crippen LogP contribution in [0.2, 0.25) is 5.02 Å². The van der Waals surface area contributed by atoms with E-state index in [9.17, 15) is 4.79 Å². The van der Waals surface area contributed by atoms with Gasteiger partial charge in [-0.1, -0.05) is 51.8 Å². The van der Waals surface area contributed by atoms with Crippen LogP contribution >= 0.6 is 27.5 Å². The molecule has 2 aromatic rings. The lowest BCUT2D eigenvalue weighted by atomic mass is 10.1. The highest BCUT2D eigenvalue weighted by Gasteiger charge is 2.09. The van der Waals surface area contributed by atoms with Crippen LogP contribution in [0.15, 0.2) is 64.8 Å². The number of nitrogens with zero attached hydrogens (tertiary/aromatic N) is 1. The maximum atomic E-state index is 12.6. The van der Waals surface area contributed by atoms with Crippen LogP contribution < -0.4 is 16.0 Å². The van der Waals surface area contributed by atoms with E-state index in [1.807, 2.05) is 61.5 Å². The van der Waals surface area contributed by atoms with Crippen molar-refractivity contribution in [2.75, 3.05) is 44.6 Å². The Bertz CT molecular complexity index is 937. The highest BCUT2D eigenvalue weighted by molar-refractivity contribution is 9.10. The Labute approximate surface area is 197 Å². The first kappa shape index (κ1) is 23.5. The number of benzene rings is 2. The molecule has 1 saturated heterocycles. The van der Waals surface area contributed by atoms with Crippen molar-refractivity contribution >= 4 is 45.2 Å². The third-order valence-corrected chi connectivity index (χ3v) is 5.77. The summed E-state index contributed by atoms with van der Waals surface area (Å²) in [6.45, 7) is 7.56. The quantitative estimate of drug-likeness (QED) is 0.368. The van der Waals surface area contributed by atoms with Gasteiger partial charge in [0.1, 0.15) is 0 Å². The molecule has 0 aliphatic carbocycles. The van der Waals surface area contributed by atoms with Gasteiger partial charge in [0.05, 0.1) is 0 Å². The van der Waals surface area contributed by atoms with Gasteiger partial charge in [0.2, 0.25) is 5.91 Å². The van der Waals surface area contributed by atoms with Gasteiger partial charge >= 0.3 is 0 Å². The summed E-state index contributed by atoms with van der Waals surface area (Å²) in [5.41, 5.74) is 3.74. The molecule has 1 heterocycles. The molecule has 31 heavy (non-hydrogen) atoms. The summed E-state index contributed by atoms with van der Waals surface area (Å²) in [7, 11) is 0. The third-order valence-electron chi connectivity index (χ3n) is 5.03. The molecule has 0 saturated carbocycles. The fourth-order valence-corrected chi connectivity index (χ4v) is 3.72. The Kier molecular flexibility index (Phi) is 9.15. The Morgan fingerprint density at radius 2 is 1.94 bits per heavy atom. The molecule has 1 aliphatic rings. The second-order valence-corrected chi connectivity index (χ2v) is 8.80. The van der Waals surface area contributed by atoms with Crippen molar-refractivity contribution in [2.24, 2.45) is 0 Å². The van der Waals surface area contributed by atoms with E-state index in [0.29, 0.717) is 17.3 Å². The molecule has 0 unspecified atom stereocenters. The van der Waals surface area contributed by atoms with Gasteiger partial charge in [-0.15, -0.1) is 0 Å². The highest BCUT2D eigenvalue weighted by atomic mass is 79.9. The molecule has 3 rings (SSSR count). The van der Waals surface area contributed by atoms with Gasteiger partial charge in [-0.2, -0.15) is 0 Å². The molecule has 1 fully saturated rings. The predicted octanol–water partition coefficient (Wildman–Crippen LogP) is 4.44. The average Bonchev–Trinajstić information content (AvgIpc) is 2.76. The van der Waals surface area contributed by atoms with Crippen LogP contribution in [-0.4, -0.2) is 50.1 Å². The molecule has 0 bridgehead atoms. The molecule has 7 heteroatoms. The van der Waals surface area contributed by atoms with E-state index in [1.54, 1.807) is 6.08 Å². The minimum Gasteiger partial charge on any atom is -0.355 e. The van der Waals surface area contributed by atoms with Gasteiger partial charge in [-0.25, -0.2) is 0 Å². The number of amides is 1. The summed E-state index contributed by atoms with van der Waals surface area (Å²) in [6, 6.07) is 13.6. The second kappa shape index (κ2) is 12.1. The van der Waals surface area contributed by atoms with Crippen molar-refractivity contribution in [3.05, 3.63) is 80.9 Å². The number of halogens is 2. The Morgan fingerprint density at radius 3 is 2.68 bits per heavy atom. The molecular formula is C24H28BrClN4O. The minimum absolute atomic E-state index is 0.119. The van der Waals surface area contributed by atoms with E-state index in [0.717, 1.165) is 54.0 Å². The lowest BCUT2D eigenvalue weighted by Crippen LogP contribution is -2.46. The van der Waals surface area contributed by atoms with Crippen LogP contribution in [0.4, 0.5) is 5.69 Å². The van der Waals surface area contributed by atoms with Crippen LogP contribution in [0.25, 0.3) is 6.08 Å². The van der Waals surface area contributed by atoms with Gasteiger partial charge in [-0.3, -0.25) is 9.69 Å². The molecular weight excluding hydrogens is 476 g/mol. The number of nitrogens with one attached hydrogen (secondary N) is 3. The zero-order chi connectivity index (χ0) is 22.1. The number of allylic oxidation sites excluding steroid dienone is 1. The first-order chi connectivity index (χ1) is 15.0. The monoisotopic (exact) mass is 502 g/mol. The predicted molar refractivity (Wildman–Crippen MR) is 133 cm³/mol. The van der Waals surface area contributed by atoms with Crippen LogP contribution in [0.5, 0.6) is 0 Å². The second-order valence-electron chi connectivity index (χ2n) is 7.45. The number of anilines is 1. The summed E-state index contributed by atoms with van der Waals surface area (Å²) in [6.07, 6.45) is 5.46. The first-order valence-corrected chi connectivity index (χ1v) is 11.6. The van der Waals surface area contributed by atoms with Gasteiger partial charge in [0, 0.05) is 66.2 Å². The van der Waals surface area contributed by atoms with Crippen LogP contribution in [0, 0.1) is 6.92 Å². The SMILES string of the molecule is Cc1ccc(Br)cc1NC(/C=C/c1ccc(Cl)cc1)=C/C(=O)NCCN1CCNCC1. The summed E-state index contributed by atoms with van der Waals surface area (Å²) in [4.78, 5) is 14.9. The van der Waals surface area contributed by atoms with Crippen molar-refractivity contribution in [3.8, 4) is 0 Å². The summed E-state index contributed by atoms with van der Waals surface area (Å²) in [5.74, 6) is -0.119. The lowest BCUT2D eigenvalue weighted by molar-refractivity contribution is -0.116. The third kappa shape index (κ3) is 8.15. The van der Waals surface area contributed by atoms with Gasteiger partial charge in [-0.05, 0) is 48.4 Å². The zero-order valence-electron chi connectivity index (χ0n) is 17.6. The van der Waals surface area contributed by atoms with Gasteiger partial charge in [0.15, 0.2) is 0 Å². The minimum atomic E-state index is -0.119. The van der Waals surface area contributed by atoms with Crippen LogP contribution in [0.1, 0.15) is 11.1 Å². The Morgan fingerprint density at radius 1 is 1.19 bits per heavy atom. The zero-order valence-corrected chi connectivity index (χ0v) is 20.0. The topological polar surface area (TPSA) is 56.4 Å². The van der Waals surface area contributed by atoms with Gasteiger partial charge in [0.25, 0.3) is 0 Å². The van der Waals surface area contributed by atoms with Crippen molar-refractivity contribution in [3.63, 3.8) is 0 Å². The standard InChI is InChI=1S/C24H28BrClN4O/c1-18-2-6-20(25)16-23(18)29-22(9-5-19-3-7-21(26)8-4-19)17-24(31)28-12-15-30-13-10-27-11-14-30/h2-9,16-17,27,29H,10-15H2,1H3,(H,28,31)/b9-5+,22-17+. The normalized spacial score (nSPS) is 15.3. The molecule has 0 radical (unpaired) electrons. The molecule has 5 nitrogen and oxygen atoms in total. The van der Waals surface area contributed by atoms with Gasteiger partial charge < -0.3 is 16.0 Å². The van der Waals surface area contributed by atoms with E-state index in [1.165, 1.54) is 0 Å². The maximum Gasteiger partial charge on any atom is 0.246 e. The van der Waals surface area contributed by atoms with Crippen LogP contribution in [-0.2, 0) is 4.79 Å².